The fourth-order valence-corrected chi connectivity index (χ4v) is 2.38. The third-order valence-corrected chi connectivity index (χ3v) is 3.39. The van der Waals surface area contributed by atoms with Crippen molar-refractivity contribution in [3.8, 4) is 5.82 Å². The van der Waals surface area contributed by atoms with E-state index in [-0.39, 0.29) is 28.9 Å². The highest BCUT2D eigenvalue weighted by Crippen LogP contribution is 2.17. The van der Waals surface area contributed by atoms with Crippen LogP contribution in [0.25, 0.3) is 16.7 Å². The second-order valence-corrected chi connectivity index (χ2v) is 4.82. The molecule has 118 valence electrons. The van der Waals surface area contributed by atoms with Crippen molar-refractivity contribution < 1.29 is 13.6 Å². The number of carbonyl (C=O) groups is 1. The van der Waals surface area contributed by atoms with E-state index in [9.17, 15) is 9.59 Å². The zero-order valence-electron chi connectivity index (χ0n) is 15.6. The number of esters is 1. The summed E-state index contributed by atoms with van der Waals surface area (Å²) in [6.45, 7) is -0.908. The molecule has 2 aromatic heterocycles. The van der Waals surface area contributed by atoms with Crippen molar-refractivity contribution in [2.24, 2.45) is 7.05 Å². The predicted molar refractivity (Wildman–Crippen MR) is 84.8 cm³/mol. The zero-order chi connectivity index (χ0) is 19.1. The van der Waals surface area contributed by atoms with E-state index >= 15 is 0 Å². The zero-order valence-corrected chi connectivity index (χ0v) is 12.6. The maximum Gasteiger partial charge on any atom is 0.343 e. The van der Waals surface area contributed by atoms with Crippen LogP contribution in [0.5, 0.6) is 0 Å². The molecule has 1 aromatic carbocycles. The van der Waals surface area contributed by atoms with E-state index in [0.29, 0.717) is 0 Å². The van der Waals surface area contributed by atoms with Crippen molar-refractivity contribution in [2.45, 2.75) is 13.8 Å². The fraction of sp³-hybridized carbons (Fsp3) is 0.250. The van der Waals surface area contributed by atoms with Crippen LogP contribution in [-0.2, 0) is 11.8 Å². The number of para-hydroxylation sites is 1. The Morgan fingerprint density at radius 2 is 2.17 bits per heavy atom. The van der Waals surface area contributed by atoms with Crippen LogP contribution >= 0.6 is 0 Å². The summed E-state index contributed by atoms with van der Waals surface area (Å²) >= 11 is 0. The van der Waals surface area contributed by atoms with Gasteiger partial charge in [-0.15, -0.1) is 0 Å². The van der Waals surface area contributed by atoms with Crippen molar-refractivity contribution in [1.29, 1.82) is 0 Å². The van der Waals surface area contributed by atoms with Gasteiger partial charge < -0.3 is 4.74 Å². The highest BCUT2D eigenvalue weighted by molar-refractivity contribution is 5.93. The third kappa shape index (κ3) is 2.40. The molecule has 0 bridgehead atoms. The van der Waals surface area contributed by atoms with E-state index in [1.807, 2.05) is 0 Å². The maximum atomic E-state index is 13.1. The number of carbonyl (C=O) groups excluding carboxylic acids is 1. The number of rotatable bonds is 3. The summed E-state index contributed by atoms with van der Waals surface area (Å²) in [6.07, 6.45) is 1.23. The summed E-state index contributed by atoms with van der Waals surface area (Å²) in [6, 6.07) is 6.42. The first-order valence-electron chi connectivity index (χ1n) is 8.47. The smallest absolute Gasteiger partial charge is 0.343 e. The molecule has 3 rings (SSSR count). The van der Waals surface area contributed by atoms with Gasteiger partial charge in [0.25, 0.3) is 5.56 Å². The summed E-state index contributed by atoms with van der Waals surface area (Å²) in [5, 5.41) is 4.22. The Balaban J connectivity index is 2.43. The van der Waals surface area contributed by atoms with E-state index in [2.05, 4.69) is 10.1 Å². The monoisotopic (exact) mass is 315 g/mol. The highest BCUT2D eigenvalue weighted by atomic mass is 16.5. The van der Waals surface area contributed by atoms with Gasteiger partial charge >= 0.3 is 5.97 Å². The lowest BCUT2D eigenvalue weighted by Crippen LogP contribution is -2.26. The number of hydrogen-bond donors (Lipinski definition) is 0. The predicted octanol–water partition coefficient (Wildman–Crippen LogP) is 1.60. The lowest BCUT2D eigenvalue weighted by molar-refractivity contribution is 0.0526. The van der Waals surface area contributed by atoms with Crippen molar-refractivity contribution in [3.63, 3.8) is 0 Å². The Morgan fingerprint density at radius 3 is 2.91 bits per heavy atom. The van der Waals surface area contributed by atoms with Gasteiger partial charge in [-0.1, -0.05) is 12.1 Å². The average Bonchev–Trinajstić information content (AvgIpc) is 2.96. The van der Waals surface area contributed by atoms with Crippen LogP contribution in [0.4, 0.5) is 0 Å². The second kappa shape index (κ2) is 5.68. The molecule has 0 aliphatic carbocycles. The minimum atomic E-state index is -2.68. The van der Waals surface area contributed by atoms with Crippen molar-refractivity contribution in [1.82, 2.24) is 19.3 Å². The molecule has 23 heavy (non-hydrogen) atoms. The quantitative estimate of drug-likeness (QED) is 0.686. The molecule has 0 fully saturated rings. The highest BCUT2D eigenvalue weighted by Gasteiger charge is 2.22. The molecule has 2 heterocycles. The molecule has 7 nitrogen and oxygen atoms in total. The molecule has 0 amide bonds. The molecule has 0 radical (unpaired) electrons. The van der Waals surface area contributed by atoms with Crippen molar-refractivity contribution in [3.05, 3.63) is 52.2 Å². The lowest BCUT2D eigenvalue weighted by Gasteiger charge is -2.12. The molecule has 7 heteroatoms. The molecule has 0 aliphatic heterocycles. The van der Waals surface area contributed by atoms with Crippen LogP contribution in [-0.4, -0.2) is 31.9 Å². The average molecular weight is 315 g/mol. The number of ether oxygens (including phenoxy) is 1. The first-order chi connectivity index (χ1) is 12.3. The summed E-state index contributed by atoms with van der Waals surface area (Å²) < 4.78 is 30.5. The van der Waals surface area contributed by atoms with Gasteiger partial charge in [-0.25, -0.2) is 14.3 Å². The molecule has 0 aliphatic rings. The number of benzene rings is 1. The van der Waals surface area contributed by atoms with Crippen molar-refractivity contribution >= 4 is 16.9 Å². The molecule has 0 N–H and O–H groups in total. The van der Waals surface area contributed by atoms with Crippen molar-refractivity contribution in [2.75, 3.05) is 6.61 Å². The van der Waals surface area contributed by atoms with E-state index in [1.54, 1.807) is 31.2 Å². The Morgan fingerprint density at radius 1 is 1.39 bits per heavy atom. The molecule has 0 atom stereocenters. The molecule has 0 saturated carbocycles. The summed E-state index contributed by atoms with van der Waals surface area (Å²) in [4.78, 5) is 29.5. The van der Waals surface area contributed by atoms with E-state index in [4.69, 9.17) is 8.85 Å². The van der Waals surface area contributed by atoms with Gasteiger partial charge in [-0.05, 0) is 25.9 Å². The first kappa shape index (κ1) is 11.6. The van der Waals surface area contributed by atoms with Crippen LogP contribution in [0.2, 0.25) is 0 Å². The summed E-state index contributed by atoms with van der Waals surface area (Å²) in [5.74, 6) is -1.15. The molecule has 3 aromatic rings. The number of fused-ring (bicyclic) bond motifs is 1. The van der Waals surface area contributed by atoms with Crippen LogP contribution in [0.15, 0.2) is 35.3 Å². The minimum absolute atomic E-state index is 0.00201. The molecule has 0 spiro atoms. The van der Waals surface area contributed by atoms with Crippen LogP contribution in [0.3, 0.4) is 0 Å². The first-order valence-corrected chi connectivity index (χ1v) is 6.97. The number of hydrogen-bond acceptors (Lipinski definition) is 5. The molecule has 0 saturated heterocycles. The number of aryl methyl sites for hydroxylation is 2. The Bertz CT molecular complexity index is 1050. The topological polar surface area (TPSA) is 79.0 Å². The number of aromatic nitrogens is 4. The van der Waals surface area contributed by atoms with Gasteiger partial charge in [0.2, 0.25) is 0 Å². The van der Waals surface area contributed by atoms with Gasteiger partial charge in [0.1, 0.15) is 11.4 Å². The van der Waals surface area contributed by atoms with E-state index in [1.165, 1.54) is 17.9 Å². The number of nitrogens with zero attached hydrogens (tertiary/aromatic N) is 4. The van der Waals surface area contributed by atoms with Crippen LogP contribution in [0, 0.1) is 6.85 Å². The summed E-state index contributed by atoms with van der Waals surface area (Å²) in [7, 11) is 1.50. The fourth-order valence-electron chi connectivity index (χ4n) is 2.38. The minimum Gasteiger partial charge on any atom is -0.462 e. The molecular weight excluding hydrogens is 296 g/mol. The van der Waals surface area contributed by atoms with Gasteiger partial charge in [0.05, 0.1) is 23.7 Å². The summed E-state index contributed by atoms with van der Waals surface area (Å²) in [5.41, 5.74) is -0.352. The van der Waals surface area contributed by atoms with Gasteiger partial charge in [0.15, 0.2) is 5.82 Å². The Kier molecular flexibility index (Phi) is 2.86. The molecular formula is C16H16N4O3. The van der Waals surface area contributed by atoms with Gasteiger partial charge in [-0.3, -0.25) is 9.48 Å². The van der Waals surface area contributed by atoms with Gasteiger partial charge in [0, 0.05) is 11.2 Å². The largest absolute Gasteiger partial charge is 0.462 e. The standard InChI is InChI=1S/C16H16N4O3/c1-4-23-16(22)12-9-17-19(3)14(12)20-10(2)18-13-8-6-5-7-11(13)15(20)21/h5-9H,4H2,1-3H3/i2D3. The van der Waals surface area contributed by atoms with Gasteiger partial charge in [-0.2, -0.15) is 5.10 Å². The van der Waals surface area contributed by atoms with Crippen LogP contribution in [0.1, 0.15) is 27.2 Å². The van der Waals surface area contributed by atoms with E-state index < -0.39 is 24.2 Å². The maximum absolute atomic E-state index is 13.1. The molecule has 0 unspecified atom stereocenters. The lowest BCUT2D eigenvalue weighted by atomic mass is 10.2. The van der Waals surface area contributed by atoms with Crippen LogP contribution < -0.4 is 5.56 Å². The SMILES string of the molecule is [2H]C([2H])([2H])c1nc2ccccc2c(=O)n1-c1c(C(=O)OCC)cnn1C. The normalized spacial score (nSPS) is 13.4. The Labute approximate surface area is 136 Å². The second-order valence-electron chi connectivity index (χ2n) is 4.82. The Hall–Kier alpha value is -2.96. The van der Waals surface area contributed by atoms with E-state index in [0.717, 1.165) is 4.57 Å². The third-order valence-electron chi connectivity index (χ3n) is 3.39.